The first-order valence-electron chi connectivity index (χ1n) is 9.00. The van der Waals surface area contributed by atoms with Gasteiger partial charge in [0.15, 0.2) is 0 Å². The van der Waals surface area contributed by atoms with E-state index in [0.717, 1.165) is 29.0 Å². The molecule has 0 spiro atoms. The van der Waals surface area contributed by atoms with E-state index < -0.39 is 0 Å². The van der Waals surface area contributed by atoms with Gasteiger partial charge in [0, 0.05) is 5.92 Å². The zero-order valence-corrected chi connectivity index (χ0v) is 15.9. The molecule has 1 atom stereocenters. The molecule has 3 rings (SSSR count). The fourth-order valence-corrected chi connectivity index (χ4v) is 3.24. The Morgan fingerprint density at radius 3 is 2.15 bits per heavy atom. The van der Waals surface area contributed by atoms with Crippen LogP contribution in [0.2, 0.25) is 0 Å². The van der Waals surface area contributed by atoms with Crippen LogP contribution in [0.4, 0.5) is 0 Å². The summed E-state index contributed by atoms with van der Waals surface area (Å²) in [4.78, 5) is 12.8. The fourth-order valence-electron chi connectivity index (χ4n) is 3.24. The monoisotopic (exact) mass is 368 g/mol. The van der Waals surface area contributed by atoms with Crippen molar-refractivity contribution in [2.24, 2.45) is 0 Å². The molecule has 2 aromatic rings. The lowest BCUT2D eigenvalue weighted by atomic mass is 9.91. The SMILES string of the molecule is CCOC(=O)/C(=C1/OCCC1c1ccc(OC)cc1)c1ccc(OC)cc1. The molecule has 0 N–H and O–H groups in total. The van der Waals surface area contributed by atoms with Crippen LogP contribution >= 0.6 is 0 Å². The van der Waals surface area contributed by atoms with E-state index in [4.69, 9.17) is 18.9 Å². The maximum atomic E-state index is 12.8. The summed E-state index contributed by atoms with van der Waals surface area (Å²) in [6.07, 6.45) is 0.806. The first kappa shape index (κ1) is 18.8. The van der Waals surface area contributed by atoms with Crippen LogP contribution in [0.25, 0.3) is 5.57 Å². The Kier molecular flexibility index (Phi) is 6.01. The number of methoxy groups -OCH3 is 2. The number of carbonyl (C=O) groups is 1. The molecule has 1 unspecified atom stereocenters. The third-order valence-corrected chi connectivity index (χ3v) is 4.60. The lowest BCUT2D eigenvalue weighted by molar-refractivity contribution is -0.136. The highest BCUT2D eigenvalue weighted by molar-refractivity contribution is 6.17. The van der Waals surface area contributed by atoms with Crippen molar-refractivity contribution in [2.45, 2.75) is 19.3 Å². The molecule has 5 nitrogen and oxygen atoms in total. The van der Waals surface area contributed by atoms with Crippen LogP contribution in [0, 0.1) is 0 Å². The number of hydrogen-bond donors (Lipinski definition) is 0. The molecule has 1 aliphatic rings. The van der Waals surface area contributed by atoms with Crippen LogP contribution in [-0.2, 0) is 14.3 Å². The summed E-state index contributed by atoms with van der Waals surface area (Å²) in [6, 6.07) is 15.2. The molecule has 142 valence electrons. The molecule has 1 heterocycles. The highest BCUT2D eigenvalue weighted by Crippen LogP contribution is 2.40. The molecule has 0 amide bonds. The zero-order chi connectivity index (χ0) is 19.2. The van der Waals surface area contributed by atoms with Gasteiger partial charge in [0.05, 0.1) is 27.4 Å². The van der Waals surface area contributed by atoms with E-state index in [0.29, 0.717) is 24.5 Å². The molecule has 27 heavy (non-hydrogen) atoms. The molecule has 0 aromatic heterocycles. The van der Waals surface area contributed by atoms with E-state index >= 15 is 0 Å². The smallest absolute Gasteiger partial charge is 0.342 e. The Bertz CT molecular complexity index is 806. The van der Waals surface area contributed by atoms with Crippen molar-refractivity contribution in [1.82, 2.24) is 0 Å². The Labute approximate surface area is 159 Å². The van der Waals surface area contributed by atoms with Crippen LogP contribution in [0.5, 0.6) is 11.5 Å². The first-order valence-corrected chi connectivity index (χ1v) is 9.00. The average molecular weight is 368 g/mol. The fraction of sp³-hybridized carbons (Fsp3) is 0.318. The molecule has 2 aromatic carbocycles. The second kappa shape index (κ2) is 8.62. The van der Waals surface area contributed by atoms with Crippen molar-refractivity contribution < 1.29 is 23.7 Å². The van der Waals surface area contributed by atoms with Crippen LogP contribution in [0.3, 0.4) is 0 Å². The number of rotatable bonds is 6. The number of hydrogen-bond acceptors (Lipinski definition) is 5. The Morgan fingerprint density at radius 1 is 1.00 bits per heavy atom. The van der Waals surface area contributed by atoms with E-state index in [1.54, 1.807) is 21.1 Å². The van der Waals surface area contributed by atoms with E-state index in [1.165, 1.54) is 0 Å². The number of carbonyl (C=O) groups excluding carboxylic acids is 1. The molecule has 0 bridgehead atoms. The van der Waals surface area contributed by atoms with E-state index in [-0.39, 0.29) is 11.9 Å². The van der Waals surface area contributed by atoms with Gasteiger partial charge in [0.1, 0.15) is 22.8 Å². The topological polar surface area (TPSA) is 54.0 Å². The van der Waals surface area contributed by atoms with Crippen LogP contribution in [0.1, 0.15) is 30.4 Å². The quantitative estimate of drug-likeness (QED) is 0.565. The standard InChI is InChI=1S/C22H24O5/c1-4-26-22(23)20(16-7-11-18(25-3)12-8-16)21-19(13-14-27-21)15-5-9-17(24-2)10-6-15/h5-12,19H,4,13-14H2,1-3H3/b21-20+. The van der Waals surface area contributed by atoms with E-state index in [1.807, 2.05) is 48.5 Å². The molecule has 1 fully saturated rings. The Morgan fingerprint density at radius 2 is 1.59 bits per heavy atom. The third kappa shape index (κ3) is 4.08. The summed E-state index contributed by atoms with van der Waals surface area (Å²) in [7, 11) is 3.25. The van der Waals surface area contributed by atoms with Crippen molar-refractivity contribution >= 4 is 11.5 Å². The summed E-state index contributed by atoms with van der Waals surface area (Å²) in [5.41, 5.74) is 2.31. The zero-order valence-electron chi connectivity index (χ0n) is 15.9. The number of allylic oxidation sites excluding steroid dienone is 1. The molecule has 0 saturated carbocycles. The lowest BCUT2D eigenvalue weighted by Crippen LogP contribution is -2.12. The minimum atomic E-state index is -0.377. The van der Waals surface area contributed by atoms with E-state index in [2.05, 4.69) is 0 Å². The van der Waals surface area contributed by atoms with Crippen molar-refractivity contribution in [3.05, 3.63) is 65.4 Å². The molecular formula is C22H24O5. The van der Waals surface area contributed by atoms with Gasteiger partial charge in [-0.05, 0) is 48.7 Å². The van der Waals surface area contributed by atoms with Gasteiger partial charge >= 0.3 is 5.97 Å². The van der Waals surface area contributed by atoms with Crippen molar-refractivity contribution in [2.75, 3.05) is 27.4 Å². The molecule has 5 heteroatoms. The second-order valence-electron chi connectivity index (χ2n) is 6.15. The van der Waals surface area contributed by atoms with Gasteiger partial charge in [-0.2, -0.15) is 0 Å². The normalized spacial score (nSPS) is 17.8. The van der Waals surface area contributed by atoms with Crippen LogP contribution < -0.4 is 9.47 Å². The minimum Gasteiger partial charge on any atom is -0.497 e. The maximum Gasteiger partial charge on any atom is 0.342 e. The van der Waals surface area contributed by atoms with Crippen LogP contribution in [-0.4, -0.2) is 33.4 Å². The van der Waals surface area contributed by atoms with Crippen molar-refractivity contribution in [1.29, 1.82) is 0 Å². The Hall–Kier alpha value is -2.95. The van der Waals surface area contributed by atoms with Gasteiger partial charge < -0.3 is 18.9 Å². The first-order chi connectivity index (χ1) is 13.2. The van der Waals surface area contributed by atoms with Gasteiger partial charge in [0.25, 0.3) is 0 Å². The summed E-state index contributed by atoms with van der Waals surface area (Å²) in [5, 5.41) is 0. The largest absolute Gasteiger partial charge is 0.497 e. The number of esters is 1. The summed E-state index contributed by atoms with van der Waals surface area (Å²) >= 11 is 0. The van der Waals surface area contributed by atoms with Crippen LogP contribution in [0.15, 0.2) is 54.3 Å². The van der Waals surface area contributed by atoms with Gasteiger partial charge in [-0.15, -0.1) is 0 Å². The number of ether oxygens (including phenoxy) is 4. The Balaban J connectivity index is 2.05. The van der Waals surface area contributed by atoms with Crippen molar-refractivity contribution in [3.8, 4) is 11.5 Å². The summed E-state index contributed by atoms with van der Waals surface area (Å²) in [5.74, 6) is 1.80. The second-order valence-corrected chi connectivity index (χ2v) is 6.15. The predicted octanol–water partition coefficient (Wildman–Crippen LogP) is 4.18. The third-order valence-electron chi connectivity index (χ3n) is 4.60. The highest BCUT2D eigenvalue weighted by Gasteiger charge is 2.32. The van der Waals surface area contributed by atoms with E-state index in [9.17, 15) is 4.79 Å². The van der Waals surface area contributed by atoms with Gasteiger partial charge in [-0.3, -0.25) is 0 Å². The maximum absolute atomic E-state index is 12.8. The molecule has 0 aliphatic carbocycles. The molecule has 1 aliphatic heterocycles. The molecule has 1 saturated heterocycles. The average Bonchev–Trinajstić information content (AvgIpc) is 3.18. The van der Waals surface area contributed by atoms with Gasteiger partial charge in [0.2, 0.25) is 0 Å². The van der Waals surface area contributed by atoms with Crippen molar-refractivity contribution in [3.63, 3.8) is 0 Å². The predicted molar refractivity (Wildman–Crippen MR) is 103 cm³/mol. The summed E-state index contributed by atoms with van der Waals surface area (Å²) in [6.45, 7) is 2.66. The molecule has 0 radical (unpaired) electrons. The summed E-state index contributed by atoms with van der Waals surface area (Å²) < 4.78 is 21.7. The molecular weight excluding hydrogens is 344 g/mol. The van der Waals surface area contributed by atoms with Gasteiger partial charge in [-0.1, -0.05) is 24.3 Å². The highest BCUT2D eigenvalue weighted by atomic mass is 16.5. The van der Waals surface area contributed by atoms with Gasteiger partial charge in [-0.25, -0.2) is 4.79 Å². The number of benzene rings is 2. The minimum absolute atomic E-state index is 0.00239. The lowest BCUT2D eigenvalue weighted by Gasteiger charge is -2.16.